The van der Waals surface area contributed by atoms with Gasteiger partial charge in [0.05, 0.1) is 11.6 Å². The third kappa shape index (κ3) is 2.97. The molecule has 0 radical (unpaired) electrons. The molecule has 2 unspecified atom stereocenters. The van der Waals surface area contributed by atoms with Crippen molar-refractivity contribution in [3.63, 3.8) is 0 Å². The van der Waals surface area contributed by atoms with E-state index in [0.29, 0.717) is 12.5 Å². The third-order valence-electron chi connectivity index (χ3n) is 4.13. The number of amides is 1. The van der Waals surface area contributed by atoms with Gasteiger partial charge in [-0.1, -0.05) is 0 Å². The number of carbonyl (C=O) groups excluding carboxylic acids is 1. The van der Waals surface area contributed by atoms with Crippen molar-refractivity contribution in [1.82, 2.24) is 15.1 Å². The first-order valence-electron chi connectivity index (χ1n) is 6.95. The molecule has 3 N–H and O–H groups in total. The molecule has 2 atom stereocenters. The zero-order valence-corrected chi connectivity index (χ0v) is 12.2. The molecule has 0 bridgehead atoms. The van der Waals surface area contributed by atoms with Crippen molar-refractivity contribution in [1.29, 1.82) is 0 Å². The Kier molecular flexibility index (Phi) is 3.94. The first-order valence-corrected chi connectivity index (χ1v) is 6.95. The van der Waals surface area contributed by atoms with Crippen LogP contribution in [-0.4, -0.2) is 28.3 Å². The van der Waals surface area contributed by atoms with Crippen molar-refractivity contribution in [2.75, 3.05) is 6.54 Å². The van der Waals surface area contributed by atoms with Crippen LogP contribution in [0.3, 0.4) is 0 Å². The SMILES string of the molecule is Cc1nn(C)c(C)c1C(C)C(=O)NCC(N)C1CC1. The Labute approximate surface area is 114 Å². The molecule has 1 heterocycles. The highest BCUT2D eigenvalue weighted by molar-refractivity contribution is 5.83. The van der Waals surface area contributed by atoms with Crippen molar-refractivity contribution in [2.24, 2.45) is 18.7 Å². The van der Waals surface area contributed by atoms with Crippen LogP contribution in [0.4, 0.5) is 0 Å². The van der Waals surface area contributed by atoms with Gasteiger partial charge in [0.15, 0.2) is 0 Å². The molecule has 1 aliphatic carbocycles. The Hall–Kier alpha value is -1.36. The summed E-state index contributed by atoms with van der Waals surface area (Å²) in [6.07, 6.45) is 2.40. The number of aryl methyl sites for hydroxylation is 2. The first-order chi connectivity index (χ1) is 8.91. The van der Waals surface area contributed by atoms with Crippen molar-refractivity contribution >= 4 is 5.91 Å². The minimum atomic E-state index is -0.180. The van der Waals surface area contributed by atoms with Crippen LogP contribution in [0, 0.1) is 19.8 Å². The molecular formula is C14H24N4O. The summed E-state index contributed by atoms with van der Waals surface area (Å²) in [7, 11) is 1.90. The fourth-order valence-corrected chi connectivity index (χ4v) is 2.61. The number of hydrogen-bond donors (Lipinski definition) is 2. The second kappa shape index (κ2) is 5.33. The standard InChI is InChI=1S/C14H24N4O/c1-8(13-9(2)17-18(4)10(13)3)14(19)16-7-12(15)11-5-6-11/h8,11-12H,5-7,15H2,1-4H3,(H,16,19). The molecule has 5 nitrogen and oxygen atoms in total. The average molecular weight is 264 g/mol. The fourth-order valence-electron chi connectivity index (χ4n) is 2.61. The molecular weight excluding hydrogens is 240 g/mol. The van der Waals surface area contributed by atoms with Gasteiger partial charge >= 0.3 is 0 Å². The number of hydrogen-bond acceptors (Lipinski definition) is 3. The zero-order valence-electron chi connectivity index (χ0n) is 12.2. The Bertz CT molecular complexity index is 476. The van der Waals surface area contributed by atoms with Gasteiger partial charge in [-0.3, -0.25) is 9.48 Å². The molecule has 5 heteroatoms. The van der Waals surface area contributed by atoms with Crippen molar-refractivity contribution in [3.8, 4) is 0 Å². The second-order valence-corrected chi connectivity index (χ2v) is 5.68. The third-order valence-corrected chi connectivity index (χ3v) is 4.13. The lowest BCUT2D eigenvalue weighted by atomic mass is 9.98. The van der Waals surface area contributed by atoms with Crippen LogP contribution in [0.25, 0.3) is 0 Å². The first kappa shape index (κ1) is 14.1. The van der Waals surface area contributed by atoms with E-state index in [1.54, 1.807) is 0 Å². The predicted molar refractivity (Wildman–Crippen MR) is 74.8 cm³/mol. The molecule has 0 aliphatic heterocycles. The molecule has 1 aromatic heterocycles. The van der Waals surface area contributed by atoms with Gasteiger partial charge in [-0.05, 0) is 39.5 Å². The van der Waals surface area contributed by atoms with Crippen LogP contribution in [-0.2, 0) is 11.8 Å². The summed E-state index contributed by atoms with van der Waals surface area (Å²) < 4.78 is 1.82. The van der Waals surface area contributed by atoms with E-state index in [9.17, 15) is 4.79 Å². The molecule has 1 amide bonds. The molecule has 1 aromatic rings. The number of nitrogens with one attached hydrogen (secondary N) is 1. The Morgan fingerprint density at radius 1 is 1.53 bits per heavy atom. The van der Waals surface area contributed by atoms with E-state index >= 15 is 0 Å². The number of rotatable bonds is 5. The quantitative estimate of drug-likeness (QED) is 0.833. The molecule has 0 saturated heterocycles. The second-order valence-electron chi connectivity index (χ2n) is 5.68. The van der Waals surface area contributed by atoms with E-state index in [4.69, 9.17) is 5.73 Å². The molecule has 106 valence electrons. The Balaban J connectivity index is 1.97. The zero-order chi connectivity index (χ0) is 14.2. The van der Waals surface area contributed by atoms with Gasteiger partial charge in [-0.15, -0.1) is 0 Å². The summed E-state index contributed by atoms with van der Waals surface area (Å²) in [5.41, 5.74) is 9.00. The summed E-state index contributed by atoms with van der Waals surface area (Å²) >= 11 is 0. The highest BCUT2D eigenvalue weighted by Crippen LogP contribution is 2.31. The molecule has 0 spiro atoms. The summed E-state index contributed by atoms with van der Waals surface area (Å²) in [6.45, 7) is 6.44. The van der Waals surface area contributed by atoms with E-state index in [1.165, 1.54) is 12.8 Å². The molecule has 1 fully saturated rings. The average Bonchev–Trinajstić information content (AvgIpc) is 3.15. The van der Waals surface area contributed by atoms with E-state index in [-0.39, 0.29) is 17.9 Å². The molecule has 1 saturated carbocycles. The van der Waals surface area contributed by atoms with Crippen molar-refractivity contribution in [2.45, 2.75) is 45.6 Å². The van der Waals surface area contributed by atoms with Gasteiger partial charge in [0, 0.05) is 30.9 Å². The summed E-state index contributed by atoms with van der Waals surface area (Å²) in [5.74, 6) is 0.466. The fraction of sp³-hybridized carbons (Fsp3) is 0.714. The van der Waals surface area contributed by atoms with Gasteiger partial charge < -0.3 is 11.1 Å². The van der Waals surface area contributed by atoms with Crippen LogP contribution in [0.1, 0.15) is 42.6 Å². The van der Waals surface area contributed by atoms with Crippen LogP contribution < -0.4 is 11.1 Å². The van der Waals surface area contributed by atoms with Gasteiger partial charge in [0.2, 0.25) is 5.91 Å². The molecule has 2 rings (SSSR count). The number of aromatic nitrogens is 2. The van der Waals surface area contributed by atoms with E-state index in [0.717, 1.165) is 17.0 Å². The lowest BCUT2D eigenvalue weighted by Crippen LogP contribution is -2.40. The van der Waals surface area contributed by atoms with Crippen LogP contribution in [0.15, 0.2) is 0 Å². The van der Waals surface area contributed by atoms with E-state index in [2.05, 4.69) is 10.4 Å². The number of carbonyl (C=O) groups is 1. The van der Waals surface area contributed by atoms with Gasteiger partial charge in [0.1, 0.15) is 0 Å². The number of nitrogens with zero attached hydrogens (tertiary/aromatic N) is 2. The van der Waals surface area contributed by atoms with Crippen molar-refractivity contribution < 1.29 is 4.79 Å². The topological polar surface area (TPSA) is 72.9 Å². The lowest BCUT2D eigenvalue weighted by Gasteiger charge is -2.16. The maximum absolute atomic E-state index is 12.2. The minimum absolute atomic E-state index is 0.0373. The normalized spacial score (nSPS) is 18.2. The van der Waals surface area contributed by atoms with Crippen LogP contribution in [0.5, 0.6) is 0 Å². The largest absolute Gasteiger partial charge is 0.354 e. The lowest BCUT2D eigenvalue weighted by molar-refractivity contribution is -0.122. The molecule has 1 aliphatic rings. The summed E-state index contributed by atoms with van der Waals surface area (Å²) in [4.78, 5) is 12.2. The monoisotopic (exact) mass is 264 g/mol. The van der Waals surface area contributed by atoms with E-state index in [1.807, 2.05) is 32.5 Å². The highest BCUT2D eigenvalue weighted by atomic mass is 16.1. The Morgan fingerprint density at radius 3 is 2.63 bits per heavy atom. The van der Waals surface area contributed by atoms with Gasteiger partial charge in [0.25, 0.3) is 0 Å². The number of nitrogens with two attached hydrogens (primary N) is 1. The molecule has 0 aromatic carbocycles. The molecule has 19 heavy (non-hydrogen) atoms. The Morgan fingerprint density at radius 2 is 2.16 bits per heavy atom. The maximum atomic E-state index is 12.2. The summed E-state index contributed by atoms with van der Waals surface area (Å²) in [6, 6.07) is 0.104. The summed E-state index contributed by atoms with van der Waals surface area (Å²) in [5, 5.41) is 7.32. The maximum Gasteiger partial charge on any atom is 0.227 e. The van der Waals surface area contributed by atoms with Gasteiger partial charge in [-0.25, -0.2) is 0 Å². The van der Waals surface area contributed by atoms with Crippen LogP contribution >= 0.6 is 0 Å². The highest BCUT2D eigenvalue weighted by Gasteiger charge is 2.29. The van der Waals surface area contributed by atoms with E-state index < -0.39 is 0 Å². The van der Waals surface area contributed by atoms with Crippen molar-refractivity contribution in [3.05, 3.63) is 17.0 Å². The predicted octanol–water partition coefficient (Wildman–Crippen LogP) is 0.994. The van der Waals surface area contributed by atoms with Gasteiger partial charge in [-0.2, -0.15) is 5.10 Å². The minimum Gasteiger partial charge on any atom is -0.354 e. The van der Waals surface area contributed by atoms with Crippen LogP contribution in [0.2, 0.25) is 0 Å². The smallest absolute Gasteiger partial charge is 0.227 e.